The van der Waals surface area contributed by atoms with E-state index in [0.717, 1.165) is 41.7 Å². The number of aromatic nitrogens is 2. The van der Waals surface area contributed by atoms with Crippen LogP contribution in [0.4, 0.5) is 17.5 Å². The van der Waals surface area contributed by atoms with Crippen LogP contribution in [0.1, 0.15) is 31.9 Å². The van der Waals surface area contributed by atoms with Crippen molar-refractivity contribution in [3.63, 3.8) is 0 Å². The fourth-order valence-electron chi connectivity index (χ4n) is 2.56. The molecule has 3 rings (SSSR count). The number of benzene rings is 1. The second-order valence-corrected chi connectivity index (χ2v) is 5.84. The molecule has 0 radical (unpaired) electrons. The molecule has 6 heteroatoms. The van der Waals surface area contributed by atoms with Crippen LogP contribution in [0.25, 0.3) is 0 Å². The van der Waals surface area contributed by atoms with Gasteiger partial charge in [0.05, 0.1) is 0 Å². The molecule has 1 aromatic heterocycles. The molecule has 0 atom stereocenters. The summed E-state index contributed by atoms with van der Waals surface area (Å²) in [5.74, 6) is 2.94. The van der Waals surface area contributed by atoms with Crippen molar-refractivity contribution in [3.05, 3.63) is 30.0 Å². The minimum atomic E-state index is 0.573. The maximum absolute atomic E-state index is 5.61. The van der Waals surface area contributed by atoms with Crippen molar-refractivity contribution in [2.75, 3.05) is 30.4 Å². The highest BCUT2D eigenvalue weighted by Crippen LogP contribution is 2.33. The lowest BCUT2D eigenvalue weighted by Gasteiger charge is -2.19. The molecular weight excluding hydrogens is 304 g/mol. The van der Waals surface area contributed by atoms with Gasteiger partial charge in [-0.25, -0.2) is 4.98 Å². The third-order valence-corrected chi connectivity index (χ3v) is 3.74. The van der Waals surface area contributed by atoms with Crippen molar-refractivity contribution in [1.29, 1.82) is 0 Å². The van der Waals surface area contributed by atoms with Gasteiger partial charge in [0.2, 0.25) is 5.95 Å². The molecule has 2 aromatic rings. The van der Waals surface area contributed by atoms with Crippen molar-refractivity contribution < 1.29 is 9.47 Å². The number of ether oxygens (including phenoxy) is 2. The van der Waals surface area contributed by atoms with Gasteiger partial charge >= 0.3 is 0 Å². The van der Waals surface area contributed by atoms with Crippen LogP contribution < -0.4 is 20.1 Å². The number of aryl methyl sites for hydroxylation is 1. The van der Waals surface area contributed by atoms with Gasteiger partial charge in [0.1, 0.15) is 19.0 Å². The summed E-state index contributed by atoms with van der Waals surface area (Å²) in [5.41, 5.74) is 1.80. The molecule has 2 N–H and O–H groups in total. The molecule has 1 aromatic carbocycles. The van der Waals surface area contributed by atoms with Gasteiger partial charge in [-0.15, -0.1) is 0 Å². The molecule has 2 heterocycles. The van der Waals surface area contributed by atoms with Crippen LogP contribution in [0.5, 0.6) is 11.5 Å². The summed E-state index contributed by atoms with van der Waals surface area (Å²) in [6.07, 6.45) is 3.57. The average Bonchev–Trinajstić information content (AvgIpc) is 2.58. The minimum absolute atomic E-state index is 0.573. The van der Waals surface area contributed by atoms with Crippen LogP contribution in [0, 0.1) is 6.92 Å². The van der Waals surface area contributed by atoms with Crippen LogP contribution in [0.3, 0.4) is 0 Å². The molecule has 1 aliphatic heterocycles. The van der Waals surface area contributed by atoms with Crippen LogP contribution in [0.2, 0.25) is 0 Å². The van der Waals surface area contributed by atoms with Crippen LogP contribution in [-0.4, -0.2) is 29.7 Å². The zero-order valence-electron chi connectivity index (χ0n) is 14.3. The lowest BCUT2D eigenvalue weighted by Crippen LogP contribution is -2.15. The van der Waals surface area contributed by atoms with Gasteiger partial charge in [-0.1, -0.05) is 19.8 Å². The number of hydrogen-bond donors (Lipinski definition) is 2. The Labute approximate surface area is 142 Å². The van der Waals surface area contributed by atoms with Gasteiger partial charge in [-0.05, 0) is 25.5 Å². The first kappa shape index (κ1) is 16.4. The molecule has 0 spiro atoms. The summed E-state index contributed by atoms with van der Waals surface area (Å²) in [5, 5.41) is 6.60. The highest BCUT2D eigenvalue weighted by atomic mass is 16.6. The zero-order chi connectivity index (χ0) is 16.8. The van der Waals surface area contributed by atoms with E-state index in [1.165, 1.54) is 12.8 Å². The van der Waals surface area contributed by atoms with E-state index in [9.17, 15) is 0 Å². The molecule has 6 nitrogen and oxygen atoms in total. The maximum Gasteiger partial charge on any atom is 0.229 e. The summed E-state index contributed by atoms with van der Waals surface area (Å²) >= 11 is 0. The van der Waals surface area contributed by atoms with E-state index in [1.54, 1.807) is 0 Å². The first-order chi connectivity index (χ1) is 11.7. The van der Waals surface area contributed by atoms with E-state index in [1.807, 2.05) is 31.2 Å². The van der Waals surface area contributed by atoms with Gasteiger partial charge in [0, 0.05) is 30.1 Å². The predicted octanol–water partition coefficient (Wildman–Crippen LogP) is 3.90. The number of anilines is 3. The van der Waals surface area contributed by atoms with Gasteiger partial charge in [0.25, 0.3) is 0 Å². The Balaban J connectivity index is 1.69. The maximum atomic E-state index is 5.61. The lowest BCUT2D eigenvalue weighted by molar-refractivity contribution is 0.171. The van der Waals surface area contributed by atoms with E-state index in [2.05, 4.69) is 27.5 Å². The molecule has 1 aliphatic rings. The monoisotopic (exact) mass is 328 g/mol. The molecular formula is C18H24N4O2. The Morgan fingerprint density at radius 2 is 1.88 bits per heavy atom. The highest BCUT2D eigenvalue weighted by Gasteiger charge is 2.12. The van der Waals surface area contributed by atoms with Crippen LogP contribution >= 0.6 is 0 Å². The van der Waals surface area contributed by atoms with Crippen molar-refractivity contribution in [3.8, 4) is 11.5 Å². The SMILES string of the molecule is CCCCCNc1cc(C)nc(Nc2ccc3c(c2)OCCO3)n1. The molecule has 0 unspecified atom stereocenters. The number of nitrogens with zero attached hydrogens (tertiary/aromatic N) is 2. The number of unbranched alkanes of at least 4 members (excludes halogenated alkanes) is 2. The Bertz CT molecular complexity index is 691. The smallest absolute Gasteiger partial charge is 0.229 e. The van der Waals surface area contributed by atoms with Gasteiger partial charge in [0.15, 0.2) is 11.5 Å². The Morgan fingerprint density at radius 3 is 2.71 bits per heavy atom. The van der Waals surface area contributed by atoms with Crippen LogP contribution in [-0.2, 0) is 0 Å². The summed E-state index contributed by atoms with van der Waals surface area (Å²) < 4.78 is 11.1. The largest absolute Gasteiger partial charge is 0.486 e. The standard InChI is InChI=1S/C18H24N4O2/c1-3-4-5-8-19-17-11-13(2)20-18(22-17)21-14-6-7-15-16(12-14)24-10-9-23-15/h6-7,11-12H,3-5,8-10H2,1-2H3,(H2,19,20,21,22). The zero-order valence-corrected chi connectivity index (χ0v) is 14.3. The van der Waals surface area contributed by atoms with Gasteiger partial charge < -0.3 is 20.1 Å². The van der Waals surface area contributed by atoms with E-state index in [0.29, 0.717) is 19.2 Å². The normalized spacial score (nSPS) is 12.8. The lowest BCUT2D eigenvalue weighted by atomic mass is 10.2. The number of nitrogens with one attached hydrogen (secondary N) is 2. The summed E-state index contributed by atoms with van der Waals surface area (Å²) in [6, 6.07) is 7.71. The molecule has 0 bridgehead atoms. The average molecular weight is 328 g/mol. The first-order valence-electron chi connectivity index (χ1n) is 8.51. The van der Waals surface area contributed by atoms with Crippen molar-refractivity contribution in [2.45, 2.75) is 33.1 Å². The van der Waals surface area contributed by atoms with Crippen molar-refractivity contribution >= 4 is 17.5 Å². The Morgan fingerprint density at radius 1 is 1.04 bits per heavy atom. The van der Waals surface area contributed by atoms with E-state index < -0.39 is 0 Å². The van der Waals surface area contributed by atoms with Crippen molar-refractivity contribution in [1.82, 2.24) is 9.97 Å². The highest BCUT2D eigenvalue weighted by molar-refractivity contribution is 5.61. The fourth-order valence-corrected chi connectivity index (χ4v) is 2.56. The van der Waals surface area contributed by atoms with Gasteiger partial charge in [-0.2, -0.15) is 4.98 Å². The Kier molecular flexibility index (Phi) is 5.36. The summed E-state index contributed by atoms with van der Waals surface area (Å²) in [7, 11) is 0. The van der Waals surface area contributed by atoms with Gasteiger partial charge in [-0.3, -0.25) is 0 Å². The topological polar surface area (TPSA) is 68.3 Å². The second kappa shape index (κ2) is 7.86. The number of rotatable bonds is 7. The third-order valence-electron chi connectivity index (χ3n) is 3.74. The molecule has 0 saturated carbocycles. The summed E-state index contributed by atoms with van der Waals surface area (Å²) in [6.45, 7) is 6.25. The molecule has 0 saturated heterocycles. The molecule has 24 heavy (non-hydrogen) atoms. The molecule has 128 valence electrons. The Hall–Kier alpha value is -2.50. The minimum Gasteiger partial charge on any atom is -0.486 e. The van der Waals surface area contributed by atoms with Crippen LogP contribution in [0.15, 0.2) is 24.3 Å². The third kappa shape index (κ3) is 4.28. The predicted molar refractivity (Wildman–Crippen MR) is 95.5 cm³/mol. The number of hydrogen-bond acceptors (Lipinski definition) is 6. The van der Waals surface area contributed by atoms with Crippen molar-refractivity contribution in [2.24, 2.45) is 0 Å². The number of fused-ring (bicyclic) bond motifs is 1. The second-order valence-electron chi connectivity index (χ2n) is 5.84. The molecule has 0 aliphatic carbocycles. The molecule has 0 fully saturated rings. The van der Waals surface area contributed by atoms with E-state index in [-0.39, 0.29) is 0 Å². The first-order valence-corrected chi connectivity index (χ1v) is 8.51. The fraction of sp³-hybridized carbons (Fsp3) is 0.444. The quantitative estimate of drug-likeness (QED) is 0.751. The van der Waals surface area contributed by atoms with E-state index in [4.69, 9.17) is 9.47 Å². The summed E-state index contributed by atoms with van der Waals surface area (Å²) in [4.78, 5) is 8.98. The molecule has 0 amide bonds. The van der Waals surface area contributed by atoms with E-state index >= 15 is 0 Å².